The van der Waals surface area contributed by atoms with Crippen molar-refractivity contribution in [1.82, 2.24) is 10.6 Å². The van der Waals surface area contributed by atoms with Crippen LogP contribution in [-0.4, -0.2) is 30.1 Å². The zero-order valence-electron chi connectivity index (χ0n) is 11.7. The average molecular weight is 282 g/mol. The van der Waals surface area contributed by atoms with Crippen LogP contribution in [0, 0.1) is 5.92 Å². The van der Waals surface area contributed by atoms with Gasteiger partial charge in [0, 0.05) is 6.42 Å². The fraction of sp³-hybridized carbons (Fsp3) is 0.571. The van der Waals surface area contributed by atoms with Gasteiger partial charge in [0.2, 0.25) is 5.91 Å². The maximum absolute atomic E-state index is 11.5. The molecule has 0 aliphatic rings. The van der Waals surface area contributed by atoms with E-state index in [-0.39, 0.29) is 18.9 Å². The van der Waals surface area contributed by atoms with Gasteiger partial charge in [-0.1, -0.05) is 6.92 Å². The van der Waals surface area contributed by atoms with E-state index >= 15 is 0 Å². The first kappa shape index (κ1) is 16.2. The maximum Gasteiger partial charge on any atom is 0.303 e. The first-order valence-corrected chi connectivity index (χ1v) is 6.79. The standard InChI is InChI=1S/C14H22N2O4/c1-11(4-5-14(18)19)6-7-15-10-13(17)16-9-12-3-2-8-20-12/h2-3,8,11,15H,4-7,9-10H2,1H3,(H,16,17)(H,18,19). The van der Waals surface area contributed by atoms with Gasteiger partial charge in [-0.25, -0.2) is 0 Å². The van der Waals surface area contributed by atoms with Crippen molar-refractivity contribution in [3.8, 4) is 0 Å². The second kappa shape index (κ2) is 9.14. The van der Waals surface area contributed by atoms with E-state index in [4.69, 9.17) is 9.52 Å². The third kappa shape index (κ3) is 7.58. The molecule has 1 aromatic heterocycles. The molecule has 1 aromatic rings. The van der Waals surface area contributed by atoms with Gasteiger partial charge in [-0.3, -0.25) is 9.59 Å². The first-order valence-electron chi connectivity index (χ1n) is 6.79. The zero-order valence-corrected chi connectivity index (χ0v) is 11.7. The Labute approximate surface area is 118 Å². The number of carboxylic acid groups (broad SMARTS) is 1. The van der Waals surface area contributed by atoms with E-state index in [9.17, 15) is 9.59 Å². The third-order valence-corrected chi connectivity index (χ3v) is 2.99. The van der Waals surface area contributed by atoms with E-state index in [0.29, 0.717) is 25.4 Å². The molecule has 20 heavy (non-hydrogen) atoms. The van der Waals surface area contributed by atoms with Gasteiger partial charge in [-0.15, -0.1) is 0 Å². The summed E-state index contributed by atoms with van der Waals surface area (Å²) in [6.07, 6.45) is 3.30. The van der Waals surface area contributed by atoms with Crippen LogP contribution in [0.1, 0.15) is 31.9 Å². The average Bonchev–Trinajstić information content (AvgIpc) is 2.92. The molecule has 0 radical (unpaired) electrons. The van der Waals surface area contributed by atoms with Gasteiger partial charge in [-0.05, 0) is 37.4 Å². The summed E-state index contributed by atoms with van der Waals surface area (Å²) in [6, 6.07) is 3.58. The molecule has 112 valence electrons. The summed E-state index contributed by atoms with van der Waals surface area (Å²) in [7, 11) is 0. The molecule has 3 N–H and O–H groups in total. The topological polar surface area (TPSA) is 91.6 Å². The molecule has 1 amide bonds. The van der Waals surface area contributed by atoms with Gasteiger partial charge in [0.15, 0.2) is 0 Å². The van der Waals surface area contributed by atoms with Crippen molar-refractivity contribution in [2.75, 3.05) is 13.1 Å². The van der Waals surface area contributed by atoms with E-state index in [1.807, 2.05) is 6.92 Å². The third-order valence-electron chi connectivity index (χ3n) is 2.99. The largest absolute Gasteiger partial charge is 0.481 e. The minimum atomic E-state index is -0.762. The van der Waals surface area contributed by atoms with Crippen molar-refractivity contribution in [3.05, 3.63) is 24.2 Å². The van der Waals surface area contributed by atoms with Crippen LogP contribution in [0.2, 0.25) is 0 Å². The van der Waals surface area contributed by atoms with Gasteiger partial charge in [0.1, 0.15) is 5.76 Å². The molecule has 0 saturated heterocycles. The second-order valence-corrected chi connectivity index (χ2v) is 4.86. The van der Waals surface area contributed by atoms with E-state index in [0.717, 1.165) is 12.2 Å². The summed E-state index contributed by atoms with van der Waals surface area (Å²) in [5.74, 6) is 0.215. The molecule has 0 aliphatic carbocycles. The van der Waals surface area contributed by atoms with Crippen LogP contribution in [0.5, 0.6) is 0 Å². The van der Waals surface area contributed by atoms with Crippen LogP contribution in [0.25, 0.3) is 0 Å². The number of carboxylic acids is 1. The molecule has 1 rings (SSSR count). The van der Waals surface area contributed by atoms with Crippen LogP contribution >= 0.6 is 0 Å². The fourth-order valence-corrected chi connectivity index (χ4v) is 1.73. The van der Waals surface area contributed by atoms with Crippen LogP contribution in [0.3, 0.4) is 0 Å². The number of aliphatic carboxylic acids is 1. The zero-order chi connectivity index (χ0) is 14.8. The van der Waals surface area contributed by atoms with Crippen molar-refractivity contribution in [2.45, 2.75) is 32.7 Å². The molecule has 0 bridgehead atoms. The van der Waals surface area contributed by atoms with Gasteiger partial charge < -0.3 is 20.2 Å². The number of carbonyl (C=O) groups excluding carboxylic acids is 1. The summed E-state index contributed by atoms with van der Waals surface area (Å²) < 4.78 is 5.10. The fourth-order valence-electron chi connectivity index (χ4n) is 1.73. The minimum absolute atomic E-state index is 0.0837. The molecule has 0 aliphatic heterocycles. The van der Waals surface area contributed by atoms with Crippen molar-refractivity contribution in [1.29, 1.82) is 0 Å². The second-order valence-electron chi connectivity index (χ2n) is 4.86. The molecular weight excluding hydrogens is 260 g/mol. The van der Waals surface area contributed by atoms with Gasteiger partial charge >= 0.3 is 5.97 Å². The number of rotatable bonds is 10. The molecule has 1 heterocycles. The summed E-state index contributed by atoms with van der Waals surface area (Å²) in [5, 5.41) is 14.4. The van der Waals surface area contributed by atoms with Gasteiger partial charge in [0.25, 0.3) is 0 Å². The molecule has 1 atom stereocenters. The SMILES string of the molecule is CC(CCNCC(=O)NCc1ccco1)CCC(=O)O. The Morgan fingerprint density at radius 2 is 2.20 bits per heavy atom. The highest BCUT2D eigenvalue weighted by Crippen LogP contribution is 2.08. The highest BCUT2D eigenvalue weighted by Gasteiger charge is 2.06. The molecule has 1 unspecified atom stereocenters. The number of hydrogen-bond donors (Lipinski definition) is 3. The lowest BCUT2D eigenvalue weighted by Crippen LogP contribution is -2.34. The van der Waals surface area contributed by atoms with Crippen LogP contribution < -0.4 is 10.6 Å². The first-order chi connectivity index (χ1) is 9.58. The number of furan rings is 1. The molecule has 0 aromatic carbocycles. The monoisotopic (exact) mass is 282 g/mol. The van der Waals surface area contributed by atoms with E-state index < -0.39 is 5.97 Å². The predicted octanol–water partition coefficient (Wildman–Crippen LogP) is 1.38. The van der Waals surface area contributed by atoms with Crippen molar-refractivity contribution in [3.63, 3.8) is 0 Å². The summed E-state index contributed by atoms with van der Waals surface area (Å²) in [4.78, 5) is 21.9. The Hall–Kier alpha value is -1.82. The normalized spacial score (nSPS) is 12.1. The van der Waals surface area contributed by atoms with Crippen LogP contribution in [-0.2, 0) is 16.1 Å². The predicted molar refractivity (Wildman–Crippen MR) is 74.1 cm³/mol. The molecule has 0 fully saturated rings. The highest BCUT2D eigenvalue weighted by atomic mass is 16.4. The number of nitrogens with one attached hydrogen (secondary N) is 2. The smallest absolute Gasteiger partial charge is 0.303 e. The lowest BCUT2D eigenvalue weighted by Gasteiger charge is -2.10. The Balaban J connectivity index is 2.00. The quantitative estimate of drug-likeness (QED) is 0.564. The molecule has 0 saturated carbocycles. The van der Waals surface area contributed by atoms with E-state index in [2.05, 4.69) is 10.6 Å². The summed E-state index contributed by atoms with van der Waals surface area (Å²) in [5.41, 5.74) is 0. The number of amides is 1. The Morgan fingerprint density at radius 1 is 1.40 bits per heavy atom. The Bertz CT molecular complexity index is 403. The Morgan fingerprint density at radius 3 is 2.85 bits per heavy atom. The van der Waals surface area contributed by atoms with E-state index in [1.165, 1.54) is 0 Å². The summed E-state index contributed by atoms with van der Waals surface area (Å²) in [6.45, 7) is 3.37. The lowest BCUT2D eigenvalue weighted by molar-refractivity contribution is -0.137. The van der Waals surface area contributed by atoms with Gasteiger partial charge in [-0.2, -0.15) is 0 Å². The molecule has 0 spiro atoms. The minimum Gasteiger partial charge on any atom is -0.481 e. The molecule has 6 heteroatoms. The van der Waals surface area contributed by atoms with Crippen molar-refractivity contribution >= 4 is 11.9 Å². The van der Waals surface area contributed by atoms with Crippen molar-refractivity contribution in [2.24, 2.45) is 5.92 Å². The van der Waals surface area contributed by atoms with Crippen LogP contribution in [0.15, 0.2) is 22.8 Å². The number of hydrogen-bond acceptors (Lipinski definition) is 4. The highest BCUT2D eigenvalue weighted by molar-refractivity contribution is 5.77. The van der Waals surface area contributed by atoms with Crippen LogP contribution in [0.4, 0.5) is 0 Å². The number of carbonyl (C=O) groups is 2. The maximum atomic E-state index is 11.5. The molecule has 6 nitrogen and oxygen atoms in total. The summed E-state index contributed by atoms with van der Waals surface area (Å²) >= 11 is 0. The van der Waals surface area contributed by atoms with E-state index in [1.54, 1.807) is 18.4 Å². The van der Waals surface area contributed by atoms with Gasteiger partial charge in [0.05, 0.1) is 19.4 Å². The lowest BCUT2D eigenvalue weighted by atomic mass is 10.0. The van der Waals surface area contributed by atoms with Crippen molar-refractivity contribution < 1.29 is 19.1 Å². The molecular formula is C14H22N2O4. The Kier molecular flexibility index (Phi) is 7.42.